The monoisotopic (exact) mass is 251 g/mol. The van der Waals surface area contributed by atoms with E-state index in [4.69, 9.17) is 9.84 Å². The summed E-state index contributed by atoms with van der Waals surface area (Å²) in [5, 5.41) is 11.6. The minimum absolute atomic E-state index is 0.550. The molecule has 5 heteroatoms. The molecule has 0 aliphatic heterocycles. The predicted octanol–water partition coefficient (Wildman–Crippen LogP) is 2.05. The number of aliphatic carboxylic acids is 1. The molecule has 0 unspecified atom stereocenters. The summed E-state index contributed by atoms with van der Waals surface area (Å²) in [6, 6.07) is 5.22. The highest BCUT2D eigenvalue weighted by molar-refractivity contribution is 6.07. The molecule has 5 nitrogen and oxygen atoms in total. The molecule has 0 aliphatic rings. The smallest absolute Gasteiger partial charge is 0.318 e. The molecule has 1 rings (SSSR count). The number of aryl methyl sites for hydroxylation is 1. The van der Waals surface area contributed by atoms with Gasteiger partial charge >= 0.3 is 5.97 Å². The normalized spacial score (nSPS) is 10.9. The Morgan fingerprint density at radius 3 is 2.44 bits per heavy atom. The minimum Gasteiger partial charge on any atom is -0.497 e. The summed E-state index contributed by atoms with van der Waals surface area (Å²) in [5.74, 6) is -1.13. The molecule has 1 aromatic rings. The van der Waals surface area contributed by atoms with Crippen molar-refractivity contribution in [2.24, 2.45) is 5.41 Å². The van der Waals surface area contributed by atoms with Crippen LogP contribution in [0.4, 0.5) is 5.69 Å². The molecule has 1 aromatic carbocycles. The average Bonchev–Trinajstić information content (AvgIpc) is 2.31. The molecule has 0 spiro atoms. The first-order valence-corrected chi connectivity index (χ1v) is 5.48. The number of methoxy groups -OCH3 is 1. The van der Waals surface area contributed by atoms with Gasteiger partial charge in [-0.3, -0.25) is 9.59 Å². The molecule has 1 amide bonds. The summed E-state index contributed by atoms with van der Waals surface area (Å²) in [4.78, 5) is 22.9. The van der Waals surface area contributed by atoms with Gasteiger partial charge in [-0.2, -0.15) is 0 Å². The first-order valence-electron chi connectivity index (χ1n) is 5.48. The van der Waals surface area contributed by atoms with Gasteiger partial charge in [0.2, 0.25) is 5.91 Å². The van der Waals surface area contributed by atoms with E-state index in [-0.39, 0.29) is 0 Å². The van der Waals surface area contributed by atoms with E-state index in [1.165, 1.54) is 21.0 Å². The van der Waals surface area contributed by atoms with E-state index in [0.717, 1.165) is 5.56 Å². The molecular formula is C13H17NO4. The Kier molecular flexibility index (Phi) is 3.96. The first-order chi connectivity index (χ1) is 8.28. The lowest BCUT2D eigenvalue weighted by molar-refractivity contribution is -0.151. The lowest BCUT2D eigenvalue weighted by atomic mass is 9.92. The van der Waals surface area contributed by atoms with Crippen molar-refractivity contribution in [3.8, 4) is 5.75 Å². The molecule has 0 atom stereocenters. The van der Waals surface area contributed by atoms with Gasteiger partial charge in [-0.25, -0.2) is 0 Å². The quantitative estimate of drug-likeness (QED) is 0.803. The average molecular weight is 251 g/mol. The molecule has 98 valence electrons. The maximum Gasteiger partial charge on any atom is 0.318 e. The van der Waals surface area contributed by atoms with Gasteiger partial charge in [0.25, 0.3) is 0 Å². The number of carbonyl (C=O) groups is 2. The Hall–Kier alpha value is -2.04. The van der Waals surface area contributed by atoms with E-state index in [2.05, 4.69) is 5.32 Å². The van der Waals surface area contributed by atoms with Gasteiger partial charge in [0.05, 0.1) is 7.11 Å². The standard InChI is InChI=1S/C13H17NO4/c1-8-5-6-9(18-4)7-10(8)14-11(15)13(2,3)12(16)17/h5-7H,1-4H3,(H,14,15)(H,16,17). The number of rotatable bonds is 4. The summed E-state index contributed by atoms with van der Waals surface area (Å²) in [6.07, 6.45) is 0. The Morgan fingerprint density at radius 2 is 1.94 bits per heavy atom. The molecule has 0 bridgehead atoms. The van der Waals surface area contributed by atoms with Crippen LogP contribution in [0.1, 0.15) is 19.4 Å². The Morgan fingerprint density at radius 1 is 1.33 bits per heavy atom. The zero-order valence-corrected chi connectivity index (χ0v) is 10.9. The van der Waals surface area contributed by atoms with Crippen molar-refractivity contribution >= 4 is 17.6 Å². The van der Waals surface area contributed by atoms with Crippen molar-refractivity contribution in [2.75, 3.05) is 12.4 Å². The zero-order chi connectivity index (χ0) is 13.9. The summed E-state index contributed by atoms with van der Waals surface area (Å²) in [6.45, 7) is 4.54. The molecule has 0 saturated heterocycles. The van der Waals surface area contributed by atoms with E-state index in [1.807, 2.05) is 6.92 Å². The predicted molar refractivity (Wildman–Crippen MR) is 67.8 cm³/mol. The summed E-state index contributed by atoms with van der Waals surface area (Å²) >= 11 is 0. The van der Waals surface area contributed by atoms with E-state index >= 15 is 0 Å². The number of carboxylic acids is 1. The van der Waals surface area contributed by atoms with Gasteiger partial charge in [-0.15, -0.1) is 0 Å². The van der Waals surface area contributed by atoms with E-state index < -0.39 is 17.3 Å². The molecule has 0 radical (unpaired) electrons. The van der Waals surface area contributed by atoms with Crippen LogP contribution >= 0.6 is 0 Å². The second-order valence-electron chi connectivity index (χ2n) is 4.57. The van der Waals surface area contributed by atoms with Crippen LogP contribution in [0.5, 0.6) is 5.75 Å². The van der Waals surface area contributed by atoms with Crippen molar-refractivity contribution in [1.82, 2.24) is 0 Å². The number of ether oxygens (including phenoxy) is 1. The van der Waals surface area contributed by atoms with Gasteiger partial charge in [0.15, 0.2) is 0 Å². The van der Waals surface area contributed by atoms with Gasteiger partial charge < -0.3 is 15.2 Å². The lowest BCUT2D eigenvalue weighted by Gasteiger charge is -2.19. The van der Waals surface area contributed by atoms with E-state index in [0.29, 0.717) is 11.4 Å². The second-order valence-corrected chi connectivity index (χ2v) is 4.57. The summed E-state index contributed by atoms with van der Waals surface area (Å²) in [5.41, 5.74) is -0.0887. The van der Waals surface area contributed by atoms with Crippen LogP contribution in [-0.4, -0.2) is 24.1 Å². The van der Waals surface area contributed by atoms with Gasteiger partial charge in [0, 0.05) is 11.8 Å². The van der Waals surface area contributed by atoms with Gasteiger partial charge in [-0.1, -0.05) is 6.07 Å². The Balaban J connectivity index is 2.98. The third-order valence-corrected chi connectivity index (χ3v) is 2.80. The van der Waals surface area contributed by atoms with Crippen LogP contribution in [-0.2, 0) is 9.59 Å². The maximum absolute atomic E-state index is 11.9. The molecule has 0 saturated carbocycles. The maximum atomic E-state index is 11.9. The fraction of sp³-hybridized carbons (Fsp3) is 0.385. The number of amides is 1. The number of hydrogen-bond donors (Lipinski definition) is 2. The fourth-order valence-electron chi connectivity index (χ4n) is 1.24. The highest BCUT2D eigenvalue weighted by Gasteiger charge is 2.36. The highest BCUT2D eigenvalue weighted by Crippen LogP contribution is 2.24. The molecule has 0 aliphatic carbocycles. The van der Waals surface area contributed by atoms with Crippen LogP contribution in [0.15, 0.2) is 18.2 Å². The molecule has 2 N–H and O–H groups in total. The third-order valence-electron chi connectivity index (χ3n) is 2.80. The van der Waals surface area contributed by atoms with E-state index in [9.17, 15) is 9.59 Å². The van der Waals surface area contributed by atoms with Crippen molar-refractivity contribution in [3.05, 3.63) is 23.8 Å². The number of nitrogens with one attached hydrogen (secondary N) is 1. The van der Waals surface area contributed by atoms with Crippen LogP contribution < -0.4 is 10.1 Å². The summed E-state index contributed by atoms with van der Waals surface area (Å²) < 4.78 is 5.06. The van der Waals surface area contributed by atoms with Crippen LogP contribution in [0.2, 0.25) is 0 Å². The highest BCUT2D eigenvalue weighted by atomic mass is 16.5. The van der Waals surface area contributed by atoms with Crippen molar-refractivity contribution < 1.29 is 19.4 Å². The number of carbonyl (C=O) groups excluding carboxylic acids is 1. The number of anilines is 1. The molecule has 0 fully saturated rings. The zero-order valence-electron chi connectivity index (χ0n) is 10.9. The van der Waals surface area contributed by atoms with Crippen molar-refractivity contribution in [1.29, 1.82) is 0 Å². The van der Waals surface area contributed by atoms with Crippen molar-refractivity contribution in [3.63, 3.8) is 0 Å². The number of benzene rings is 1. The largest absolute Gasteiger partial charge is 0.497 e. The summed E-state index contributed by atoms with van der Waals surface area (Å²) in [7, 11) is 1.53. The lowest BCUT2D eigenvalue weighted by Crippen LogP contribution is -2.38. The first kappa shape index (κ1) is 14.0. The molecule has 0 aromatic heterocycles. The van der Waals surface area contributed by atoms with Crippen LogP contribution in [0.3, 0.4) is 0 Å². The van der Waals surface area contributed by atoms with E-state index in [1.54, 1.807) is 18.2 Å². The third kappa shape index (κ3) is 2.80. The molecule has 0 heterocycles. The number of hydrogen-bond acceptors (Lipinski definition) is 3. The Bertz CT molecular complexity index is 480. The number of carboxylic acid groups (broad SMARTS) is 1. The molecule has 18 heavy (non-hydrogen) atoms. The molecular weight excluding hydrogens is 234 g/mol. The minimum atomic E-state index is -1.48. The second kappa shape index (κ2) is 5.08. The topological polar surface area (TPSA) is 75.6 Å². The Labute approximate surface area is 106 Å². The van der Waals surface area contributed by atoms with Gasteiger partial charge in [0.1, 0.15) is 11.2 Å². The van der Waals surface area contributed by atoms with Crippen LogP contribution in [0, 0.1) is 12.3 Å². The fourth-order valence-corrected chi connectivity index (χ4v) is 1.24. The SMILES string of the molecule is COc1ccc(C)c(NC(=O)C(C)(C)C(=O)O)c1. The van der Waals surface area contributed by atoms with Crippen LogP contribution in [0.25, 0.3) is 0 Å². The van der Waals surface area contributed by atoms with Gasteiger partial charge in [-0.05, 0) is 32.4 Å². The van der Waals surface area contributed by atoms with Crippen molar-refractivity contribution in [2.45, 2.75) is 20.8 Å².